The van der Waals surface area contributed by atoms with Crippen LogP contribution in [0.15, 0.2) is 30.3 Å². The fourth-order valence-electron chi connectivity index (χ4n) is 2.61. The van der Waals surface area contributed by atoms with Gasteiger partial charge in [-0.1, -0.05) is 18.2 Å². The number of carboxylic acids is 1. The highest BCUT2D eigenvalue weighted by Crippen LogP contribution is 2.19. The number of para-hydroxylation sites is 1. The van der Waals surface area contributed by atoms with E-state index >= 15 is 0 Å². The predicted octanol–water partition coefficient (Wildman–Crippen LogP) is 2.72. The first kappa shape index (κ1) is 16.7. The van der Waals surface area contributed by atoms with E-state index in [1.54, 1.807) is 24.3 Å². The van der Waals surface area contributed by atoms with Gasteiger partial charge in [0, 0.05) is 17.8 Å². The first-order chi connectivity index (χ1) is 10.9. The largest absolute Gasteiger partial charge is 0.481 e. The lowest BCUT2D eigenvalue weighted by atomic mass is 10.1. The second kappa shape index (κ2) is 7.09. The van der Waals surface area contributed by atoms with Gasteiger partial charge < -0.3 is 10.4 Å². The molecular weight excluding hydrogens is 294 g/mol. The van der Waals surface area contributed by atoms with E-state index < -0.39 is 5.97 Å². The van der Waals surface area contributed by atoms with E-state index in [2.05, 4.69) is 10.4 Å². The quantitative estimate of drug-likeness (QED) is 0.858. The molecule has 0 saturated carbocycles. The van der Waals surface area contributed by atoms with Crippen molar-refractivity contribution in [2.24, 2.45) is 0 Å². The molecular formula is C17H21N3O3. The van der Waals surface area contributed by atoms with Crippen LogP contribution in [-0.2, 0) is 16.0 Å². The average Bonchev–Trinajstić information content (AvgIpc) is 2.79. The van der Waals surface area contributed by atoms with Crippen molar-refractivity contribution in [3.8, 4) is 0 Å². The van der Waals surface area contributed by atoms with Crippen LogP contribution in [0, 0.1) is 13.8 Å². The third-order valence-electron chi connectivity index (χ3n) is 3.58. The molecule has 0 spiro atoms. The molecule has 1 unspecified atom stereocenters. The van der Waals surface area contributed by atoms with Crippen molar-refractivity contribution in [1.82, 2.24) is 9.78 Å². The van der Waals surface area contributed by atoms with E-state index in [-0.39, 0.29) is 24.8 Å². The highest BCUT2D eigenvalue weighted by Gasteiger charge is 2.15. The molecule has 2 rings (SSSR count). The molecule has 0 radical (unpaired) electrons. The zero-order valence-electron chi connectivity index (χ0n) is 13.5. The summed E-state index contributed by atoms with van der Waals surface area (Å²) in [6.45, 7) is 5.80. The number of hydrogen-bond donors (Lipinski definition) is 2. The molecule has 0 aliphatic carbocycles. The average molecular weight is 315 g/mol. The fourth-order valence-corrected chi connectivity index (χ4v) is 2.61. The van der Waals surface area contributed by atoms with Crippen molar-refractivity contribution in [3.05, 3.63) is 47.3 Å². The second-order valence-electron chi connectivity index (χ2n) is 5.70. The van der Waals surface area contributed by atoms with Crippen molar-refractivity contribution in [2.75, 3.05) is 5.32 Å². The Bertz CT molecular complexity index is 722. The molecule has 122 valence electrons. The third-order valence-corrected chi connectivity index (χ3v) is 3.58. The number of rotatable bonds is 6. The lowest BCUT2D eigenvalue weighted by Crippen LogP contribution is -2.20. The number of carbonyl (C=O) groups excluding carboxylic acids is 1. The Morgan fingerprint density at radius 1 is 1.30 bits per heavy atom. The molecule has 1 amide bonds. The monoisotopic (exact) mass is 315 g/mol. The summed E-state index contributed by atoms with van der Waals surface area (Å²) in [6, 6.07) is 8.84. The first-order valence-corrected chi connectivity index (χ1v) is 7.49. The van der Waals surface area contributed by atoms with E-state index in [1.807, 2.05) is 31.5 Å². The lowest BCUT2D eigenvalue weighted by molar-refractivity contribution is -0.136. The minimum Gasteiger partial charge on any atom is -0.481 e. The molecule has 1 aromatic heterocycles. The van der Waals surface area contributed by atoms with Gasteiger partial charge in [0.1, 0.15) is 0 Å². The molecule has 0 aliphatic rings. The number of anilines is 1. The Morgan fingerprint density at radius 2 is 2.00 bits per heavy atom. The van der Waals surface area contributed by atoms with Crippen LogP contribution >= 0.6 is 0 Å². The standard InChI is InChI=1S/C17H21N3O3/c1-11-8-12(2)20(19-11)13(3)9-16(21)18-15-7-5-4-6-14(15)10-17(22)23/h4-8,13H,9-10H2,1-3H3,(H,18,21)(H,22,23). The van der Waals surface area contributed by atoms with E-state index in [0.717, 1.165) is 11.4 Å². The third kappa shape index (κ3) is 4.42. The summed E-state index contributed by atoms with van der Waals surface area (Å²) >= 11 is 0. The van der Waals surface area contributed by atoms with Crippen LogP contribution in [0.3, 0.4) is 0 Å². The molecule has 1 atom stereocenters. The number of aromatic nitrogens is 2. The smallest absolute Gasteiger partial charge is 0.307 e. The van der Waals surface area contributed by atoms with Crippen molar-refractivity contribution >= 4 is 17.6 Å². The SMILES string of the molecule is Cc1cc(C)n(C(C)CC(=O)Nc2ccccc2CC(=O)O)n1. The van der Waals surface area contributed by atoms with Gasteiger partial charge in [-0.2, -0.15) is 5.10 Å². The maximum Gasteiger partial charge on any atom is 0.307 e. The van der Waals surface area contributed by atoms with E-state index in [0.29, 0.717) is 11.3 Å². The van der Waals surface area contributed by atoms with Gasteiger partial charge in [0.15, 0.2) is 0 Å². The number of benzene rings is 1. The molecule has 1 heterocycles. The fraction of sp³-hybridized carbons (Fsp3) is 0.353. The maximum atomic E-state index is 12.3. The number of nitrogens with one attached hydrogen (secondary N) is 1. The Balaban J connectivity index is 2.05. The highest BCUT2D eigenvalue weighted by molar-refractivity contribution is 5.92. The Labute approximate surface area is 135 Å². The van der Waals surface area contributed by atoms with Gasteiger partial charge in [0.2, 0.25) is 5.91 Å². The molecule has 6 nitrogen and oxygen atoms in total. The van der Waals surface area contributed by atoms with Gasteiger partial charge in [-0.15, -0.1) is 0 Å². The van der Waals surface area contributed by atoms with Crippen LogP contribution in [0.2, 0.25) is 0 Å². The van der Waals surface area contributed by atoms with Gasteiger partial charge >= 0.3 is 5.97 Å². The van der Waals surface area contributed by atoms with Gasteiger partial charge in [-0.25, -0.2) is 0 Å². The minimum absolute atomic E-state index is 0.0738. The summed E-state index contributed by atoms with van der Waals surface area (Å²) < 4.78 is 1.83. The van der Waals surface area contributed by atoms with Crippen LogP contribution in [0.25, 0.3) is 0 Å². The van der Waals surface area contributed by atoms with E-state index in [4.69, 9.17) is 5.11 Å². The van der Waals surface area contributed by atoms with Crippen molar-refractivity contribution in [1.29, 1.82) is 0 Å². The van der Waals surface area contributed by atoms with Crippen LogP contribution in [-0.4, -0.2) is 26.8 Å². The Kier molecular flexibility index (Phi) is 5.16. The molecule has 0 bridgehead atoms. The number of aryl methyl sites for hydroxylation is 2. The molecule has 2 N–H and O–H groups in total. The second-order valence-corrected chi connectivity index (χ2v) is 5.70. The normalized spacial score (nSPS) is 12.0. The Hall–Kier alpha value is -2.63. The number of amides is 1. The predicted molar refractivity (Wildman–Crippen MR) is 87.4 cm³/mol. The zero-order chi connectivity index (χ0) is 17.0. The summed E-state index contributed by atoms with van der Waals surface area (Å²) in [5.41, 5.74) is 3.06. The zero-order valence-corrected chi connectivity index (χ0v) is 13.5. The van der Waals surface area contributed by atoms with E-state index in [1.165, 1.54) is 0 Å². The van der Waals surface area contributed by atoms with Gasteiger partial charge in [-0.3, -0.25) is 14.3 Å². The molecule has 1 aromatic carbocycles. The molecule has 23 heavy (non-hydrogen) atoms. The van der Waals surface area contributed by atoms with Crippen molar-refractivity contribution in [3.63, 3.8) is 0 Å². The van der Waals surface area contributed by atoms with Gasteiger partial charge in [-0.05, 0) is 38.5 Å². The Morgan fingerprint density at radius 3 is 2.61 bits per heavy atom. The van der Waals surface area contributed by atoms with Crippen LogP contribution in [0.4, 0.5) is 5.69 Å². The molecule has 0 saturated heterocycles. The summed E-state index contributed by atoms with van der Waals surface area (Å²) in [6.07, 6.45) is 0.146. The summed E-state index contributed by atoms with van der Waals surface area (Å²) in [4.78, 5) is 23.1. The van der Waals surface area contributed by atoms with Gasteiger partial charge in [0.25, 0.3) is 0 Å². The molecule has 6 heteroatoms. The number of carboxylic acid groups (broad SMARTS) is 1. The van der Waals surface area contributed by atoms with Crippen molar-refractivity contribution < 1.29 is 14.7 Å². The lowest BCUT2D eigenvalue weighted by Gasteiger charge is -2.15. The van der Waals surface area contributed by atoms with Gasteiger partial charge in [0.05, 0.1) is 18.2 Å². The minimum atomic E-state index is -0.928. The molecule has 0 aliphatic heterocycles. The molecule has 0 fully saturated rings. The van der Waals surface area contributed by atoms with Crippen LogP contribution in [0.1, 0.15) is 36.3 Å². The van der Waals surface area contributed by atoms with Crippen molar-refractivity contribution in [2.45, 2.75) is 39.7 Å². The highest BCUT2D eigenvalue weighted by atomic mass is 16.4. The number of hydrogen-bond acceptors (Lipinski definition) is 3. The van der Waals surface area contributed by atoms with Crippen LogP contribution < -0.4 is 5.32 Å². The summed E-state index contributed by atoms with van der Waals surface area (Å²) in [5.74, 6) is -1.09. The summed E-state index contributed by atoms with van der Waals surface area (Å²) in [7, 11) is 0. The first-order valence-electron chi connectivity index (χ1n) is 7.49. The molecule has 2 aromatic rings. The number of nitrogens with zero attached hydrogens (tertiary/aromatic N) is 2. The number of carbonyl (C=O) groups is 2. The number of aliphatic carboxylic acids is 1. The maximum absolute atomic E-state index is 12.3. The topological polar surface area (TPSA) is 84.2 Å². The van der Waals surface area contributed by atoms with Crippen LogP contribution in [0.5, 0.6) is 0 Å². The summed E-state index contributed by atoms with van der Waals surface area (Å²) in [5, 5.41) is 16.1. The van der Waals surface area contributed by atoms with E-state index in [9.17, 15) is 9.59 Å².